The molecule has 2 rings (SSSR count). The van der Waals surface area contributed by atoms with Gasteiger partial charge < -0.3 is 9.72 Å². The third-order valence-corrected chi connectivity index (χ3v) is 2.93. The SMILES string of the molecule is CC(=O)OCc1c(C)[nH]c2cc(Cl)ccc2c1=O. The standard InChI is InChI=1S/C13H12ClNO3/c1-7-11(6-18-8(2)16)13(17)10-4-3-9(14)5-12(10)15-7/h3-5H,6H2,1-2H3,(H,15,17). The van der Waals surface area contributed by atoms with Crippen molar-refractivity contribution in [2.75, 3.05) is 0 Å². The molecular formula is C13H12ClNO3. The predicted octanol–water partition coefficient (Wildman–Crippen LogP) is 2.55. The van der Waals surface area contributed by atoms with Crippen LogP contribution in [0.3, 0.4) is 0 Å². The summed E-state index contributed by atoms with van der Waals surface area (Å²) in [5, 5.41) is 1.09. The number of aromatic amines is 1. The lowest BCUT2D eigenvalue weighted by Gasteiger charge is -2.08. The number of esters is 1. The molecule has 18 heavy (non-hydrogen) atoms. The van der Waals surface area contributed by atoms with Crippen LogP contribution in [0.25, 0.3) is 10.9 Å². The molecule has 1 N–H and O–H groups in total. The van der Waals surface area contributed by atoms with Gasteiger partial charge in [-0.05, 0) is 25.1 Å². The van der Waals surface area contributed by atoms with Gasteiger partial charge in [0.25, 0.3) is 0 Å². The molecule has 0 atom stereocenters. The molecule has 94 valence electrons. The molecule has 0 saturated carbocycles. The minimum Gasteiger partial charge on any atom is -0.461 e. The van der Waals surface area contributed by atoms with Crippen molar-refractivity contribution in [3.8, 4) is 0 Å². The van der Waals surface area contributed by atoms with Crippen LogP contribution in [0.15, 0.2) is 23.0 Å². The number of fused-ring (bicyclic) bond motifs is 1. The van der Waals surface area contributed by atoms with E-state index in [0.717, 1.165) is 0 Å². The number of H-pyrrole nitrogens is 1. The van der Waals surface area contributed by atoms with Crippen LogP contribution in [-0.4, -0.2) is 11.0 Å². The van der Waals surface area contributed by atoms with Crippen molar-refractivity contribution in [2.24, 2.45) is 0 Å². The van der Waals surface area contributed by atoms with Gasteiger partial charge in [-0.1, -0.05) is 11.6 Å². The van der Waals surface area contributed by atoms with Gasteiger partial charge in [0.2, 0.25) is 0 Å². The van der Waals surface area contributed by atoms with E-state index in [2.05, 4.69) is 4.98 Å². The van der Waals surface area contributed by atoms with E-state index in [1.54, 1.807) is 25.1 Å². The van der Waals surface area contributed by atoms with E-state index >= 15 is 0 Å². The first-order valence-electron chi connectivity index (χ1n) is 5.43. The normalized spacial score (nSPS) is 10.6. The fraction of sp³-hybridized carbons (Fsp3) is 0.231. The molecule has 2 aromatic rings. The minimum atomic E-state index is -0.412. The lowest BCUT2D eigenvalue weighted by atomic mass is 10.1. The molecule has 1 aromatic carbocycles. The molecule has 0 saturated heterocycles. The Morgan fingerprint density at radius 3 is 2.83 bits per heavy atom. The lowest BCUT2D eigenvalue weighted by Crippen LogP contribution is -2.15. The molecule has 0 unspecified atom stereocenters. The Balaban J connectivity index is 2.58. The largest absolute Gasteiger partial charge is 0.461 e. The monoisotopic (exact) mass is 265 g/mol. The Hall–Kier alpha value is -1.81. The lowest BCUT2D eigenvalue weighted by molar-refractivity contribution is -0.142. The maximum Gasteiger partial charge on any atom is 0.302 e. The summed E-state index contributed by atoms with van der Waals surface area (Å²) in [7, 11) is 0. The van der Waals surface area contributed by atoms with Gasteiger partial charge in [0, 0.05) is 23.0 Å². The Morgan fingerprint density at radius 1 is 1.44 bits per heavy atom. The average molecular weight is 266 g/mol. The summed E-state index contributed by atoms with van der Waals surface area (Å²) in [6.45, 7) is 3.06. The van der Waals surface area contributed by atoms with Crippen molar-refractivity contribution in [3.63, 3.8) is 0 Å². The smallest absolute Gasteiger partial charge is 0.302 e. The van der Waals surface area contributed by atoms with E-state index < -0.39 is 5.97 Å². The van der Waals surface area contributed by atoms with Crippen molar-refractivity contribution in [2.45, 2.75) is 20.5 Å². The molecule has 0 aliphatic rings. The second kappa shape index (κ2) is 4.82. The van der Waals surface area contributed by atoms with E-state index in [0.29, 0.717) is 27.2 Å². The second-order valence-electron chi connectivity index (χ2n) is 4.03. The van der Waals surface area contributed by atoms with Crippen LogP contribution >= 0.6 is 11.6 Å². The summed E-state index contributed by atoms with van der Waals surface area (Å²) in [5.41, 5.74) is 1.67. The molecule has 4 nitrogen and oxygen atoms in total. The fourth-order valence-corrected chi connectivity index (χ4v) is 1.95. The van der Waals surface area contributed by atoms with Crippen LogP contribution in [0, 0.1) is 6.92 Å². The van der Waals surface area contributed by atoms with E-state index in [4.69, 9.17) is 16.3 Å². The molecule has 0 bridgehead atoms. The van der Waals surface area contributed by atoms with E-state index in [1.165, 1.54) is 6.92 Å². The van der Waals surface area contributed by atoms with Crippen molar-refractivity contribution in [1.29, 1.82) is 0 Å². The highest BCUT2D eigenvalue weighted by Crippen LogP contribution is 2.17. The third-order valence-electron chi connectivity index (χ3n) is 2.69. The second-order valence-corrected chi connectivity index (χ2v) is 4.46. The maximum absolute atomic E-state index is 12.2. The fourth-order valence-electron chi connectivity index (χ4n) is 1.78. The summed E-state index contributed by atoms with van der Waals surface area (Å²) in [5.74, 6) is -0.412. The Labute approximate surface area is 109 Å². The zero-order valence-corrected chi connectivity index (χ0v) is 10.8. The number of nitrogens with one attached hydrogen (secondary N) is 1. The van der Waals surface area contributed by atoms with Gasteiger partial charge >= 0.3 is 5.97 Å². The molecule has 0 amide bonds. The predicted molar refractivity (Wildman–Crippen MR) is 69.8 cm³/mol. The number of carbonyl (C=O) groups excluding carboxylic acids is 1. The van der Waals surface area contributed by atoms with E-state index in [1.807, 2.05) is 0 Å². The number of carbonyl (C=O) groups is 1. The van der Waals surface area contributed by atoms with E-state index in [-0.39, 0.29) is 12.0 Å². The number of pyridine rings is 1. The molecule has 0 fully saturated rings. The third kappa shape index (κ3) is 2.38. The highest BCUT2D eigenvalue weighted by molar-refractivity contribution is 6.31. The Kier molecular flexibility index (Phi) is 3.39. The van der Waals surface area contributed by atoms with Crippen LogP contribution in [-0.2, 0) is 16.1 Å². The molecule has 0 spiro atoms. The van der Waals surface area contributed by atoms with Crippen molar-refractivity contribution in [1.82, 2.24) is 4.98 Å². The molecule has 1 aromatic heterocycles. The summed E-state index contributed by atoms with van der Waals surface area (Å²) < 4.78 is 4.88. The number of hydrogen-bond donors (Lipinski definition) is 1. The molecular weight excluding hydrogens is 254 g/mol. The number of benzene rings is 1. The van der Waals surface area contributed by atoms with Gasteiger partial charge in [0.1, 0.15) is 6.61 Å². The molecule has 0 aliphatic heterocycles. The first-order chi connectivity index (χ1) is 8.49. The van der Waals surface area contributed by atoms with Crippen LogP contribution in [0.5, 0.6) is 0 Å². The summed E-state index contributed by atoms with van der Waals surface area (Å²) in [6.07, 6.45) is 0. The van der Waals surface area contributed by atoms with Gasteiger partial charge in [0.05, 0.1) is 11.1 Å². The van der Waals surface area contributed by atoms with Crippen LogP contribution in [0.2, 0.25) is 5.02 Å². The van der Waals surface area contributed by atoms with Crippen LogP contribution in [0.4, 0.5) is 0 Å². The number of hydrogen-bond acceptors (Lipinski definition) is 3. The summed E-state index contributed by atoms with van der Waals surface area (Å²) in [6, 6.07) is 5.01. The number of rotatable bonds is 2. The summed E-state index contributed by atoms with van der Waals surface area (Å²) >= 11 is 5.87. The Morgan fingerprint density at radius 2 is 2.17 bits per heavy atom. The summed E-state index contributed by atoms with van der Waals surface area (Å²) in [4.78, 5) is 26.1. The molecule has 5 heteroatoms. The van der Waals surface area contributed by atoms with Crippen LogP contribution < -0.4 is 5.43 Å². The first-order valence-corrected chi connectivity index (χ1v) is 5.81. The van der Waals surface area contributed by atoms with Gasteiger partial charge in [0.15, 0.2) is 5.43 Å². The number of ether oxygens (including phenoxy) is 1. The highest BCUT2D eigenvalue weighted by atomic mass is 35.5. The number of halogens is 1. The first kappa shape index (κ1) is 12.6. The topological polar surface area (TPSA) is 59.2 Å². The Bertz CT molecular complexity index is 676. The van der Waals surface area contributed by atoms with Crippen molar-refractivity contribution < 1.29 is 9.53 Å². The van der Waals surface area contributed by atoms with E-state index in [9.17, 15) is 9.59 Å². The minimum absolute atomic E-state index is 0.0188. The zero-order chi connectivity index (χ0) is 13.3. The van der Waals surface area contributed by atoms with Crippen LogP contribution in [0.1, 0.15) is 18.2 Å². The average Bonchev–Trinajstić information content (AvgIpc) is 2.27. The maximum atomic E-state index is 12.2. The highest BCUT2D eigenvalue weighted by Gasteiger charge is 2.10. The number of aryl methyl sites for hydroxylation is 1. The molecule has 0 radical (unpaired) electrons. The van der Waals surface area contributed by atoms with Crippen molar-refractivity contribution >= 4 is 28.5 Å². The quantitative estimate of drug-likeness (QED) is 0.849. The van der Waals surface area contributed by atoms with Gasteiger partial charge in [-0.25, -0.2) is 0 Å². The number of aromatic nitrogens is 1. The van der Waals surface area contributed by atoms with Gasteiger partial charge in [-0.15, -0.1) is 0 Å². The molecule has 0 aliphatic carbocycles. The van der Waals surface area contributed by atoms with Crippen molar-refractivity contribution in [3.05, 3.63) is 44.7 Å². The zero-order valence-electron chi connectivity index (χ0n) is 10.0. The van der Waals surface area contributed by atoms with Gasteiger partial charge in [-0.3, -0.25) is 9.59 Å². The molecule has 1 heterocycles. The van der Waals surface area contributed by atoms with Gasteiger partial charge in [-0.2, -0.15) is 0 Å².